The highest BCUT2D eigenvalue weighted by Crippen LogP contribution is 2.27. The summed E-state index contributed by atoms with van der Waals surface area (Å²) in [4.78, 5) is 11.2. The molecule has 0 unspecified atom stereocenters. The summed E-state index contributed by atoms with van der Waals surface area (Å²) in [5.74, 6) is -0.0172. The third-order valence-electron chi connectivity index (χ3n) is 1.95. The van der Waals surface area contributed by atoms with Crippen LogP contribution in [0.1, 0.15) is 11.1 Å². The number of halogens is 3. The van der Waals surface area contributed by atoms with Crippen molar-refractivity contribution in [2.75, 3.05) is 7.11 Å². The molecule has 0 heterocycles. The Hall–Kier alpha value is -0.250. The molecule has 1 aromatic rings. The third-order valence-corrected chi connectivity index (χ3v) is 3.03. The first-order chi connectivity index (χ1) is 7.08. The smallest absolute Gasteiger partial charge is 0.310 e. The maximum atomic E-state index is 11.2. The summed E-state index contributed by atoms with van der Waals surface area (Å²) in [6.07, 6.45) is 0.144. The van der Waals surface area contributed by atoms with E-state index in [-0.39, 0.29) is 12.4 Å². The molecular weight excluding hydrogens is 303 g/mol. The van der Waals surface area contributed by atoms with Crippen molar-refractivity contribution in [2.45, 2.75) is 12.3 Å². The highest BCUT2D eigenvalue weighted by Gasteiger charge is 2.12. The summed E-state index contributed by atoms with van der Waals surface area (Å²) < 4.78 is 5.43. The van der Waals surface area contributed by atoms with Gasteiger partial charge in [-0.15, -0.1) is 11.6 Å². The predicted molar refractivity (Wildman–Crippen MR) is 64.4 cm³/mol. The van der Waals surface area contributed by atoms with Crippen LogP contribution in [-0.4, -0.2) is 13.1 Å². The Morgan fingerprint density at radius 3 is 2.73 bits per heavy atom. The number of carbonyl (C=O) groups is 1. The van der Waals surface area contributed by atoms with Gasteiger partial charge >= 0.3 is 5.97 Å². The molecule has 0 N–H and O–H groups in total. The second-order valence-electron chi connectivity index (χ2n) is 2.91. The zero-order valence-electron chi connectivity index (χ0n) is 8.02. The first-order valence-electron chi connectivity index (χ1n) is 4.18. The van der Waals surface area contributed by atoms with Gasteiger partial charge in [-0.3, -0.25) is 4.79 Å². The Balaban J connectivity index is 3.09. The van der Waals surface area contributed by atoms with Gasteiger partial charge in [0.05, 0.1) is 13.5 Å². The summed E-state index contributed by atoms with van der Waals surface area (Å²) in [5, 5.41) is 0.519. The van der Waals surface area contributed by atoms with Gasteiger partial charge in [0.15, 0.2) is 0 Å². The van der Waals surface area contributed by atoms with Crippen LogP contribution >= 0.6 is 39.1 Å². The molecule has 15 heavy (non-hydrogen) atoms. The molecule has 5 heteroatoms. The van der Waals surface area contributed by atoms with Crippen LogP contribution in [0.3, 0.4) is 0 Å². The molecule has 82 valence electrons. The van der Waals surface area contributed by atoms with E-state index in [1.807, 2.05) is 6.07 Å². The summed E-state index contributed by atoms with van der Waals surface area (Å²) >= 11 is 15.1. The van der Waals surface area contributed by atoms with E-state index in [1.54, 1.807) is 6.07 Å². The summed E-state index contributed by atoms with van der Waals surface area (Å²) in [7, 11) is 1.34. The molecule has 0 amide bonds. The fraction of sp³-hybridized carbons (Fsp3) is 0.300. The Kier molecular flexibility index (Phi) is 4.90. The van der Waals surface area contributed by atoms with Gasteiger partial charge < -0.3 is 4.74 Å². The fourth-order valence-corrected chi connectivity index (χ4v) is 2.37. The van der Waals surface area contributed by atoms with Crippen molar-refractivity contribution in [2.24, 2.45) is 0 Å². The number of rotatable bonds is 3. The average molecular weight is 312 g/mol. The third kappa shape index (κ3) is 3.37. The van der Waals surface area contributed by atoms with Gasteiger partial charge in [-0.2, -0.15) is 0 Å². The molecule has 0 radical (unpaired) electrons. The minimum atomic E-state index is -0.328. The van der Waals surface area contributed by atoms with Gasteiger partial charge in [-0.1, -0.05) is 27.5 Å². The molecule has 0 atom stereocenters. The van der Waals surface area contributed by atoms with E-state index in [0.717, 1.165) is 15.6 Å². The van der Waals surface area contributed by atoms with Gasteiger partial charge in [-0.05, 0) is 23.3 Å². The van der Waals surface area contributed by atoms with Crippen molar-refractivity contribution >= 4 is 45.1 Å². The number of esters is 1. The number of ether oxygens (including phenoxy) is 1. The van der Waals surface area contributed by atoms with Crippen molar-refractivity contribution < 1.29 is 9.53 Å². The lowest BCUT2D eigenvalue weighted by molar-refractivity contribution is -0.139. The number of alkyl halides is 1. The molecule has 2 nitrogen and oxygen atoms in total. The average Bonchev–Trinajstić information content (AvgIpc) is 2.21. The molecule has 0 saturated heterocycles. The predicted octanol–water partition coefficient (Wildman–Crippen LogP) is 3.56. The highest BCUT2D eigenvalue weighted by molar-refractivity contribution is 9.10. The van der Waals surface area contributed by atoms with Crippen LogP contribution in [0.5, 0.6) is 0 Å². The Morgan fingerprint density at radius 2 is 2.20 bits per heavy atom. The van der Waals surface area contributed by atoms with Gasteiger partial charge in [0, 0.05) is 15.4 Å². The molecule has 1 rings (SSSR count). The van der Waals surface area contributed by atoms with E-state index in [0.29, 0.717) is 10.9 Å². The number of hydrogen-bond donors (Lipinski definition) is 0. The molecule has 0 aliphatic rings. The quantitative estimate of drug-likeness (QED) is 0.630. The zero-order chi connectivity index (χ0) is 11.4. The van der Waals surface area contributed by atoms with Crippen LogP contribution < -0.4 is 0 Å². The lowest BCUT2D eigenvalue weighted by Crippen LogP contribution is -2.07. The Morgan fingerprint density at radius 1 is 1.53 bits per heavy atom. The second-order valence-corrected chi connectivity index (χ2v) is 4.50. The fourth-order valence-electron chi connectivity index (χ4n) is 1.19. The second kappa shape index (κ2) is 5.73. The number of methoxy groups -OCH3 is 1. The molecule has 0 fully saturated rings. The number of carbonyl (C=O) groups excluding carboxylic acids is 1. The molecule has 0 spiro atoms. The first kappa shape index (κ1) is 12.8. The molecule has 0 saturated carbocycles. The lowest BCUT2D eigenvalue weighted by Gasteiger charge is -2.09. The summed E-state index contributed by atoms with van der Waals surface area (Å²) in [5.41, 5.74) is 1.56. The Bertz CT molecular complexity index is 380. The maximum absolute atomic E-state index is 11.2. The van der Waals surface area contributed by atoms with Gasteiger partial charge in [0.1, 0.15) is 0 Å². The normalized spacial score (nSPS) is 10.1. The minimum absolute atomic E-state index is 0.144. The van der Waals surface area contributed by atoms with Crippen molar-refractivity contribution in [3.05, 3.63) is 32.8 Å². The number of benzene rings is 1. The van der Waals surface area contributed by atoms with E-state index in [1.165, 1.54) is 7.11 Å². The van der Waals surface area contributed by atoms with Crippen LogP contribution in [-0.2, 0) is 21.8 Å². The maximum Gasteiger partial charge on any atom is 0.310 e. The minimum Gasteiger partial charge on any atom is -0.469 e. The van der Waals surface area contributed by atoms with E-state index in [2.05, 4.69) is 20.7 Å². The standard InChI is InChI=1S/C10H9BrCl2O2/c1-15-10(14)4-8-6(5-12)2-7(11)3-9(8)13/h2-3H,4-5H2,1H3. The topological polar surface area (TPSA) is 26.3 Å². The van der Waals surface area contributed by atoms with Crippen molar-refractivity contribution in [3.8, 4) is 0 Å². The first-order valence-corrected chi connectivity index (χ1v) is 5.88. The molecule has 0 aromatic heterocycles. The SMILES string of the molecule is COC(=O)Cc1c(Cl)cc(Br)cc1CCl. The summed E-state index contributed by atoms with van der Waals surface area (Å²) in [6.45, 7) is 0. The van der Waals surface area contributed by atoms with Crippen molar-refractivity contribution in [1.82, 2.24) is 0 Å². The largest absolute Gasteiger partial charge is 0.469 e. The van der Waals surface area contributed by atoms with Gasteiger partial charge in [0.25, 0.3) is 0 Å². The van der Waals surface area contributed by atoms with Crippen LogP contribution in [0.2, 0.25) is 5.02 Å². The van der Waals surface area contributed by atoms with Crippen molar-refractivity contribution in [3.63, 3.8) is 0 Å². The molecule has 1 aromatic carbocycles. The summed E-state index contributed by atoms with van der Waals surface area (Å²) in [6, 6.07) is 3.58. The highest BCUT2D eigenvalue weighted by atomic mass is 79.9. The monoisotopic (exact) mass is 310 g/mol. The molecule has 0 aliphatic carbocycles. The van der Waals surface area contributed by atoms with Crippen LogP contribution in [0.25, 0.3) is 0 Å². The van der Waals surface area contributed by atoms with Crippen LogP contribution in [0.4, 0.5) is 0 Å². The van der Waals surface area contributed by atoms with E-state index in [9.17, 15) is 4.79 Å². The molecule has 0 bridgehead atoms. The van der Waals surface area contributed by atoms with Crippen LogP contribution in [0.15, 0.2) is 16.6 Å². The van der Waals surface area contributed by atoms with E-state index >= 15 is 0 Å². The zero-order valence-corrected chi connectivity index (χ0v) is 11.1. The van der Waals surface area contributed by atoms with E-state index < -0.39 is 0 Å². The van der Waals surface area contributed by atoms with E-state index in [4.69, 9.17) is 23.2 Å². The lowest BCUT2D eigenvalue weighted by atomic mass is 10.1. The Labute approximate surface area is 107 Å². The molecular formula is C10H9BrCl2O2. The molecule has 0 aliphatic heterocycles. The van der Waals surface area contributed by atoms with Gasteiger partial charge in [-0.25, -0.2) is 0 Å². The number of hydrogen-bond acceptors (Lipinski definition) is 2. The van der Waals surface area contributed by atoms with Crippen molar-refractivity contribution in [1.29, 1.82) is 0 Å². The van der Waals surface area contributed by atoms with Crippen LogP contribution in [0, 0.1) is 0 Å². The van der Waals surface area contributed by atoms with Gasteiger partial charge in [0.2, 0.25) is 0 Å².